The maximum absolute atomic E-state index is 13.8. The van der Waals surface area contributed by atoms with Gasteiger partial charge in [-0.25, -0.2) is 0 Å². The van der Waals surface area contributed by atoms with E-state index in [1.54, 1.807) is 0 Å². The minimum atomic E-state index is -0.660. The summed E-state index contributed by atoms with van der Waals surface area (Å²) in [6, 6.07) is 8.74. The Kier molecular flexibility index (Phi) is 6.55. The summed E-state index contributed by atoms with van der Waals surface area (Å²) in [6.07, 6.45) is 4.52. The van der Waals surface area contributed by atoms with Crippen LogP contribution in [-0.2, 0) is 25.6 Å². The van der Waals surface area contributed by atoms with Gasteiger partial charge in [0.25, 0.3) is 0 Å². The van der Waals surface area contributed by atoms with Crippen LogP contribution >= 0.6 is 0 Å². The highest BCUT2D eigenvalue weighted by molar-refractivity contribution is 6.04. The molecule has 1 aromatic rings. The molecule has 9 heteroatoms. The van der Waals surface area contributed by atoms with Crippen LogP contribution in [0.5, 0.6) is 0 Å². The normalized spacial score (nSPS) is 30.0. The maximum Gasteiger partial charge on any atom is 0.246 e. The third kappa shape index (κ3) is 4.32. The molecular weight excluding hydrogens is 482 g/mol. The summed E-state index contributed by atoms with van der Waals surface area (Å²) in [7, 11) is 0. The Morgan fingerprint density at radius 2 is 1.79 bits per heavy atom. The van der Waals surface area contributed by atoms with Crippen molar-refractivity contribution in [3.05, 3.63) is 58.4 Å². The van der Waals surface area contributed by atoms with E-state index in [-0.39, 0.29) is 54.1 Å². The second-order valence-corrected chi connectivity index (χ2v) is 11.2. The fraction of sp³-hybridized carbons (Fsp3) is 0.517. The molecule has 1 aromatic carbocycles. The number of nitrogens with one attached hydrogen (secondary N) is 3. The number of likely N-dealkylation sites (tertiary alicyclic amines) is 1. The van der Waals surface area contributed by atoms with Crippen LogP contribution in [-0.4, -0.2) is 66.0 Å². The number of carbonyl (C=O) groups excluding carboxylic acids is 4. The Balaban J connectivity index is 1.18. The number of hydrogen-bond acceptors (Lipinski definition) is 7. The molecule has 1 saturated heterocycles. The average Bonchev–Trinajstić information content (AvgIpc) is 3.52. The van der Waals surface area contributed by atoms with E-state index in [1.807, 2.05) is 23.1 Å². The van der Waals surface area contributed by atoms with Crippen molar-refractivity contribution < 1.29 is 19.2 Å². The summed E-state index contributed by atoms with van der Waals surface area (Å²) in [5.41, 5.74) is 9.99. The van der Waals surface area contributed by atoms with E-state index in [4.69, 9.17) is 5.73 Å². The molecule has 5 atom stereocenters. The number of hydrogen-bond donors (Lipinski definition) is 4. The molecule has 0 unspecified atom stereocenters. The second-order valence-electron chi connectivity index (χ2n) is 11.2. The first-order valence-electron chi connectivity index (χ1n) is 13.8. The number of amides is 2. The predicted molar refractivity (Wildman–Crippen MR) is 140 cm³/mol. The van der Waals surface area contributed by atoms with E-state index in [0.717, 1.165) is 42.5 Å². The van der Waals surface area contributed by atoms with Gasteiger partial charge in [-0.05, 0) is 37.7 Å². The van der Waals surface area contributed by atoms with Gasteiger partial charge in [0.15, 0.2) is 11.6 Å². The van der Waals surface area contributed by atoms with E-state index in [2.05, 4.69) is 28.1 Å². The fourth-order valence-corrected chi connectivity index (χ4v) is 7.07. The number of ketones is 2. The van der Waals surface area contributed by atoms with E-state index in [0.29, 0.717) is 31.8 Å². The van der Waals surface area contributed by atoms with Crippen LogP contribution in [0.15, 0.2) is 52.9 Å². The summed E-state index contributed by atoms with van der Waals surface area (Å²) < 4.78 is 0. The molecule has 0 aromatic heterocycles. The van der Waals surface area contributed by atoms with E-state index in [9.17, 15) is 19.2 Å². The van der Waals surface area contributed by atoms with Crippen LogP contribution in [0.1, 0.15) is 44.1 Å². The van der Waals surface area contributed by atoms with Crippen molar-refractivity contribution >= 4 is 23.4 Å². The Bertz CT molecular complexity index is 1240. The topological polar surface area (TPSA) is 134 Å². The zero-order valence-electron chi connectivity index (χ0n) is 21.5. The van der Waals surface area contributed by atoms with Crippen LogP contribution in [0.25, 0.3) is 0 Å². The molecule has 2 bridgehead atoms. The molecule has 0 spiro atoms. The number of carbonyl (C=O) groups is 4. The van der Waals surface area contributed by atoms with Crippen molar-refractivity contribution in [3.63, 3.8) is 0 Å². The van der Waals surface area contributed by atoms with Crippen molar-refractivity contribution in [1.29, 1.82) is 0 Å². The van der Waals surface area contributed by atoms with Crippen molar-refractivity contribution in [2.75, 3.05) is 19.6 Å². The molecule has 200 valence electrons. The minimum Gasteiger partial charge on any atom is -0.376 e. The lowest BCUT2D eigenvalue weighted by molar-refractivity contribution is -0.136. The lowest BCUT2D eigenvalue weighted by atomic mass is 9.78. The van der Waals surface area contributed by atoms with Crippen molar-refractivity contribution in [3.8, 4) is 0 Å². The first-order valence-corrected chi connectivity index (χ1v) is 13.8. The number of nitrogens with two attached hydrogens (primary N) is 1. The molecular formula is C29H35N5O4. The molecule has 1 fully saturated rings. The maximum atomic E-state index is 13.8. The summed E-state index contributed by atoms with van der Waals surface area (Å²) in [5.74, 6) is -0.134. The highest BCUT2D eigenvalue weighted by Crippen LogP contribution is 2.45. The Morgan fingerprint density at radius 1 is 1.03 bits per heavy atom. The summed E-state index contributed by atoms with van der Waals surface area (Å²) in [6.45, 7) is 1.15. The molecule has 6 rings (SSSR count). The van der Waals surface area contributed by atoms with Gasteiger partial charge in [0.1, 0.15) is 12.1 Å². The van der Waals surface area contributed by atoms with Crippen molar-refractivity contribution in [1.82, 2.24) is 20.9 Å². The van der Waals surface area contributed by atoms with E-state index >= 15 is 0 Å². The Hall–Kier alpha value is -3.46. The third-order valence-corrected chi connectivity index (χ3v) is 8.79. The monoisotopic (exact) mass is 517 g/mol. The summed E-state index contributed by atoms with van der Waals surface area (Å²) in [5, 5.41) is 9.54. The quantitative estimate of drug-likeness (QED) is 0.437. The SMILES string of the molecule is NCCNC(=O)[C@@H]1CC(=O)C2=C(N1)[C@@H]1C[C@H]2CN1C(=O)[C@H]1CC(=O)C2=C(N1)[C@H](Cc1ccccc1)CCC2. The molecule has 5 aliphatic rings. The van der Waals surface area contributed by atoms with E-state index in [1.165, 1.54) is 5.56 Å². The summed E-state index contributed by atoms with van der Waals surface area (Å²) in [4.78, 5) is 54.4. The van der Waals surface area contributed by atoms with Crippen molar-refractivity contribution in [2.45, 2.75) is 63.1 Å². The van der Waals surface area contributed by atoms with Crippen LogP contribution < -0.4 is 21.7 Å². The number of Topliss-reactive ketones (excluding diaryl/α,β-unsaturated/α-hetero) is 2. The van der Waals surface area contributed by atoms with E-state index < -0.39 is 12.1 Å². The van der Waals surface area contributed by atoms with Crippen LogP contribution in [0.2, 0.25) is 0 Å². The van der Waals surface area contributed by atoms with Gasteiger partial charge >= 0.3 is 0 Å². The minimum absolute atomic E-state index is 0.0158. The highest BCUT2D eigenvalue weighted by atomic mass is 16.2. The zero-order chi connectivity index (χ0) is 26.4. The van der Waals surface area contributed by atoms with Gasteiger partial charge in [0, 0.05) is 66.9 Å². The predicted octanol–water partition coefficient (Wildman–Crippen LogP) is 0.705. The molecule has 2 aliphatic carbocycles. The molecule has 3 aliphatic heterocycles. The molecule has 2 amide bonds. The number of allylic oxidation sites excluding steroid dienone is 2. The van der Waals surface area contributed by atoms with Crippen LogP contribution in [0.3, 0.4) is 0 Å². The molecule has 5 N–H and O–H groups in total. The number of rotatable bonds is 6. The first-order chi connectivity index (χ1) is 18.4. The largest absolute Gasteiger partial charge is 0.376 e. The molecule has 9 nitrogen and oxygen atoms in total. The van der Waals surface area contributed by atoms with Crippen molar-refractivity contribution in [2.24, 2.45) is 17.6 Å². The second kappa shape index (κ2) is 10.0. The summed E-state index contributed by atoms with van der Waals surface area (Å²) >= 11 is 0. The average molecular weight is 518 g/mol. The van der Waals surface area contributed by atoms with Crippen LogP contribution in [0.4, 0.5) is 0 Å². The smallest absolute Gasteiger partial charge is 0.246 e. The van der Waals surface area contributed by atoms with Gasteiger partial charge < -0.3 is 26.6 Å². The van der Waals surface area contributed by atoms with Gasteiger partial charge in [0.05, 0.1) is 6.04 Å². The van der Waals surface area contributed by atoms with Crippen LogP contribution in [0, 0.1) is 11.8 Å². The fourth-order valence-electron chi connectivity index (χ4n) is 7.07. The number of fused-ring (bicyclic) bond motifs is 4. The lowest BCUT2D eigenvalue weighted by Gasteiger charge is -2.40. The Morgan fingerprint density at radius 3 is 2.58 bits per heavy atom. The number of nitrogens with zero attached hydrogens (tertiary/aromatic N) is 1. The lowest BCUT2D eigenvalue weighted by Crippen LogP contribution is -2.57. The highest BCUT2D eigenvalue weighted by Gasteiger charge is 2.52. The molecule has 3 heterocycles. The Labute approximate surface area is 222 Å². The molecule has 0 radical (unpaired) electrons. The third-order valence-electron chi connectivity index (χ3n) is 8.79. The molecule has 38 heavy (non-hydrogen) atoms. The number of benzene rings is 1. The molecule has 0 saturated carbocycles. The van der Waals surface area contributed by atoms with Gasteiger partial charge in [-0.15, -0.1) is 0 Å². The van der Waals surface area contributed by atoms with Gasteiger partial charge in [0.2, 0.25) is 11.8 Å². The first kappa shape index (κ1) is 24.9. The standard InChI is InChI=1S/C29H35N5O4/c30-9-10-31-28(37)20-13-24(36)25-18-12-22(27(25)32-20)34(15-18)29(38)21-14-23(35)19-8-4-7-17(26(19)33-21)11-16-5-2-1-3-6-16/h1-3,5-6,17-18,20-22,32-33H,4,7-15,30H2,(H,31,37)/t17-,18-,20-,21+,22-/m0/s1. The van der Waals surface area contributed by atoms with Gasteiger partial charge in [-0.3, -0.25) is 19.2 Å². The van der Waals surface area contributed by atoms with Gasteiger partial charge in [-0.2, -0.15) is 0 Å². The zero-order valence-corrected chi connectivity index (χ0v) is 21.5. The van der Waals surface area contributed by atoms with Gasteiger partial charge in [-0.1, -0.05) is 30.3 Å².